The van der Waals surface area contributed by atoms with Crippen LogP contribution >= 0.6 is 0 Å². The monoisotopic (exact) mass is 363 g/mol. The third kappa shape index (κ3) is 2.85. The van der Waals surface area contributed by atoms with E-state index in [2.05, 4.69) is 4.98 Å². The average molecular weight is 363 g/mol. The minimum atomic E-state index is 0.101. The van der Waals surface area contributed by atoms with Crippen molar-refractivity contribution in [3.63, 3.8) is 0 Å². The van der Waals surface area contributed by atoms with Crippen molar-refractivity contribution < 1.29 is 4.79 Å². The van der Waals surface area contributed by atoms with Crippen molar-refractivity contribution >= 4 is 11.9 Å². The van der Waals surface area contributed by atoms with Crippen LogP contribution in [0.25, 0.3) is 23.0 Å². The second-order valence-electron chi connectivity index (χ2n) is 6.78. The molecule has 0 fully saturated rings. The number of nitrogens with zero attached hydrogens (tertiary/aromatic N) is 3. The fraction of sp³-hybridized carbons (Fsp3) is 0.0417. The van der Waals surface area contributed by atoms with Crippen LogP contribution in [-0.4, -0.2) is 20.5 Å². The lowest BCUT2D eigenvalue weighted by Gasteiger charge is -2.00. The molecular weight excluding hydrogens is 346 g/mol. The fourth-order valence-electron chi connectivity index (χ4n) is 3.60. The van der Waals surface area contributed by atoms with Gasteiger partial charge in [-0.25, -0.2) is 4.68 Å². The van der Waals surface area contributed by atoms with Gasteiger partial charge in [-0.2, -0.15) is 5.10 Å². The largest absolute Gasteiger partial charge is 0.289 e. The number of aromatic nitrogens is 3. The number of ketones is 1. The molecule has 2 aromatic carbocycles. The second-order valence-corrected chi connectivity index (χ2v) is 6.78. The Morgan fingerprint density at radius 3 is 2.43 bits per heavy atom. The first-order valence-corrected chi connectivity index (χ1v) is 9.18. The molecule has 0 saturated heterocycles. The molecule has 0 saturated carbocycles. The highest BCUT2D eigenvalue weighted by Crippen LogP contribution is 2.31. The summed E-state index contributed by atoms with van der Waals surface area (Å²) < 4.78 is 1.86. The number of Topliss-reactive ketones (excluding diaryl/α,β-unsaturated/α-hetero) is 1. The molecule has 1 aliphatic rings. The Morgan fingerprint density at radius 2 is 1.64 bits per heavy atom. The summed E-state index contributed by atoms with van der Waals surface area (Å²) >= 11 is 0. The predicted octanol–water partition coefficient (Wildman–Crippen LogP) is 4.76. The summed E-state index contributed by atoms with van der Waals surface area (Å²) in [5.74, 6) is 0.101. The highest BCUT2D eigenvalue weighted by molar-refractivity contribution is 6.15. The minimum absolute atomic E-state index is 0.101. The van der Waals surface area contributed by atoms with Crippen molar-refractivity contribution in [2.45, 2.75) is 6.42 Å². The molecule has 4 nitrogen and oxygen atoms in total. The first-order chi connectivity index (χ1) is 13.8. The number of carbonyl (C=O) groups is 1. The van der Waals surface area contributed by atoms with Gasteiger partial charge in [0.05, 0.1) is 5.69 Å². The van der Waals surface area contributed by atoms with Crippen molar-refractivity contribution in [3.05, 3.63) is 108 Å². The molecule has 4 heteroatoms. The number of benzene rings is 2. The summed E-state index contributed by atoms with van der Waals surface area (Å²) in [6.07, 6.45) is 8.12. The van der Waals surface area contributed by atoms with Gasteiger partial charge in [-0.1, -0.05) is 42.5 Å². The molecule has 4 aromatic rings. The zero-order chi connectivity index (χ0) is 18.9. The zero-order valence-electron chi connectivity index (χ0n) is 15.1. The van der Waals surface area contributed by atoms with Gasteiger partial charge in [-0.15, -0.1) is 0 Å². The van der Waals surface area contributed by atoms with Crippen LogP contribution in [0, 0.1) is 0 Å². The van der Waals surface area contributed by atoms with E-state index in [-0.39, 0.29) is 5.78 Å². The number of fused-ring (bicyclic) bond motifs is 1. The van der Waals surface area contributed by atoms with Gasteiger partial charge < -0.3 is 0 Å². The lowest BCUT2D eigenvalue weighted by atomic mass is 10.0. The molecule has 0 bridgehead atoms. The van der Waals surface area contributed by atoms with Gasteiger partial charge in [0.1, 0.15) is 5.69 Å². The Balaban J connectivity index is 1.63. The quantitative estimate of drug-likeness (QED) is 0.493. The molecule has 0 unspecified atom stereocenters. The third-order valence-electron chi connectivity index (χ3n) is 4.98. The van der Waals surface area contributed by atoms with Gasteiger partial charge in [-0.05, 0) is 35.9 Å². The summed E-state index contributed by atoms with van der Waals surface area (Å²) in [6, 6.07) is 21.6. The standard InChI is InChI=1S/C24H17N3O/c28-24-19(14-18-6-4-5-9-22(18)24)15-20-16-27(21-7-2-1-3-8-21)26-23(20)17-10-12-25-13-11-17/h1-13,15-16H,14H2/b19-15+. The summed E-state index contributed by atoms with van der Waals surface area (Å²) in [5, 5.41) is 4.80. The van der Waals surface area contributed by atoms with Crippen molar-refractivity contribution in [1.82, 2.24) is 14.8 Å². The molecular formula is C24H17N3O. The van der Waals surface area contributed by atoms with E-state index >= 15 is 0 Å². The highest BCUT2D eigenvalue weighted by Gasteiger charge is 2.25. The number of allylic oxidation sites excluding steroid dienone is 1. The van der Waals surface area contributed by atoms with E-state index in [9.17, 15) is 4.79 Å². The number of pyridine rings is 1. The summed E-state index contributed by atoms with van der Waals surface area (Å²) in [6.45, 7) is 0. The van der Waals surface area contributed by atoms with Crippen LogP contribution in [0.4, 0.5) is 0 Å². The molecule has 0 amide bonds. The van der Waals surface area contributed by atoms with Crippen LogP contribution in [0.1, 0.15) is 21.5 Å². The Kier molecular flexibility index (Phi) is 3.95. The molecule has 0 N–H and O–H groups in total. The van der Waals surface area contributed by atoms with E-state index in [1.165, 1.54) is 0 Å². The average Bonchev–Trinajstić information content (AvgIpc) is 3.31. The normalized spacial score (nSPS) is 14.4. The maximum atomic E-state index is 12.8. The summed E-state index contributed by atoms with van der Waals surface area (Å²) in [7, 11) is 0. The maximum absolute atomic E-state index is 12.8. The van der Waals surface area contributed by atoms with Gasteiger partial charge in [0.15, 0.2) is 5.78 Å². The smallest absolute Gasteiger partial charge is 0.189 e. The van der Waals surface area contributed by atoms with Crippen molar-refractivity contribution in [2.24, 2.45) is 0 Å². The van der Waals surface area contributed by atoms with Gasteiger partial charge in [0.2, 0.25) is 0 Å². The Labute approximate surface area is 162 Å². The van der Waals surface area contributed by atoms with Crippen LogP contribution in [0.3, 0.4) is 0 Å². The number of hydrogen-bond donors (Lipinski definition) is 0. The molecule has 28 heavy (non-hydrogen) atoms. The van der Waals surface area contributed by atoms with Gasteiger partial charge in [0, 0.05) is 47.3 Å². The lowest BCUT2D eigenvalue weighted by molar-refractivity contribution is 0.104. The maximum Gasteiger partial charge on any atom is 0.189 e. The molecule has 1 aliphatic carbocycles. The van der Waals surface area contributed by atoms with Crippen LogP contribution in [0.5, 0.6) is 0 Å². The van der Waals surface area contributed by atoms with Crippen molar-refractivity contribution in [3.8, 4) is 16.9 Å². The number of para-hydroxylation sites is 1. The predicted molar refractivity (Wildman–Crippen MR) is 109 cm³/mol. The van der Waals surface area contributed by atoms with Crippen molar-refractivity contribution in [2.75, 3.05) is 0 Å². The topological polar surface area (TPSA) is 47.8 Å². The molecule has 0 aliphatic heterocycles. The summed E-state index contributed by atoms with van der Waals surface area (Å²) in [5.41, 5.74) is 6.38. The Hall–Kier alpha value is -3.79. The molecule has 134 valence electrons. The first kappa shape index (κ1) is 16.4. The Bertz CT molecular complexity index is 1190. The SMILES string of the molecule is O=C1/C(=C/c2cn(-c3ccccc3)nc2-c2ccncc2)Cc2ccccc21. The molecule has 2 aromatic heterocycles. The number of rotatable bonds is 3. The summed E-state index contributed by atoms with van der Waals surface area (Å²) in [4.78, 5) is 16.9. The van der Waals surface area contributed by atoms with Crippen LogP contribution < -0.4 is 0 Å². The molecule has 0 radical (unpaired) electrons. The van der Waals surface area contributed by atoms with Crippen LogP contribution in [0.2, 0.25) is 0 Å². The molecule has 0 atom stereocenters. The van der Waals surface area contributed by atoms with E-state index in [4.69, 9.17) is 5.10 Å². The number of carbonyl (C=O) groups excluding carboxylic acids is 1. The van der Waals surface area contributed by atoms with E-state index in [0.717, 1.165) is 39.2 Å². The molecule has 0 spiro atoms. The first-order valence-electron chi connectivity index (χ1n) is 9.18. The van der Waals surface area contributed by atoms with E-state index in [1.54, 1.807) is 12.4 Å². The fourth-order valence-corrected chi connectivity index (χ4v) is 3.60. The minimum Gasteiger partial charge on any atom is -0.289 e. The lowest BCUT2D eigenvalue weighted by Crippen LogP contribution is -1.95. The van der Waals surface area contributed by atoms with Crippen molar-refractivity contribution in [1.29, 1.82) is 0 Å². The van der Waals surface area contributed by atoms with Crippen LogP contribution in [-0.2, 0) is 6.42 Å². The second kappa shape index (κ2) is 6.74. The van der Waals surface area contributed by atoms with Crippen LogP contribution in [0.15, 0.2) is 90.9 Å². The number of hydrogen-bond acceptors (Lipinski definition) is 3. The van der Waals surface area contributed by atoms with Gasteiger partial charge >= 0.3 is 0 Å². The molecule has 5 rings (SSSR count). The zero-order valence-corrected chi connectivity index (χ0v) is 15.1. The highest BCUT2D eigenvalue weighted by atomic mass is 16.1. The van der Waals surface area contributed by atoms with Gasteiger partial charge in [-0.3, -0.25) is 9.78 Å². The molecule has 2 heterocycles. The van der Waals surface area contributed by atoms with E-state index in [0.29, 0.717) is 6.42 Å². The van der Waals surface area contributed by atoms with E-state index < -0.39 is 0 Å². The Morgan fingerprint density at radius 1 is 0.893 bits per heavy atom. The third-order valence-corrected chi connectivity index (χ3v) is 4.98. The van der Waals surface area contributed by atoms with Gasteiger partial charge in [0.25, 0.3) is 0 Å². The van der Waals surface area contributed by atoms with E-state index in [1.807, 2.05) is 83.7 Å².